The Labute approximate surface area is 174 Å². The SMILES string of the molecule is CCC(=O)Nc1cccc(NC(=O)Cc2c(C)nn(-c3ccc(Cl)cc3)c2C)c1. The summed E-state index contributed by atoms with van der Waals surface area (Å²) < 4.78 is 1.81. The van der Waals surface area contributed by atoms with Gasteiger partial charge in [-0.15, -0.1) is 0 Å². The quantitative estimate of drug-likeness (QED) is 0.619. The van der Waals surface area contributed by atoms with Crippen molar-refractivity contribution in [3.8, 4) is 5.69 Å². The molecule has 29 heavy (non-hydrogen) atoms. The van der Waals surface area contributed by atoms with Gasteiger partial charge in [-0.25, -0.2) is 4.68 Å². The Morgan fingerprint density at radius 3 is 2.24 bits per heavy atom. The minimum atomic E-state index is -0.147. The molecule has 0 radical (unpaired) electrons. The van der Waals surface area contributed by atoms with Gasteiger partial charge >= 0.3 is 0 Å². The summed E-state index contributed by atoms with van der Waals surface area (Å²) in [5.41, 5.74) is 4.76. The predicted molar refractivity (Wildman–Crippen MR) is 116 cm³/mol. The van der Waals surface area contributed by atoms with Gasteiger partial charge in [0, 0.05) is 34.1 Å². The first-order valence-electron chi connectivity index (χ1n) is 9.38. The van der Waals surface area contributed by atoms with E-state index in [4.69, 9.17) is 11.6 Å². The lowest BCUT2D eigenvalue weighted by molar-refractivity contribution is -0.116. The van der Waals surface area contributed by atoms with Crippen LogP contribution >= 0.6 is 11.6 Å². The molecular formula is C22H23ClN4O2. The normalized spacial score (nSPS) is 10.6. The van der Waals surface area contributed by atoms with E-state index in [2.05, 4.69) is 15.7 Å². The molecule has 1 aromatic heterocycles. The van der Waals surface area contributed by atoms with E-state index in [1.807, 2.05) is 42.8 Å². The molecule has 1 heterocycles. The molecule has 7 heteroatoms. The van der Waals surface area contributed by atoms with E-state index < -0.39 is 0 Å². The standard InChI is InChI=1S/C22H23ClN4O2/c1-4-21(28)24-17-6-5-7-18(12-17)25-22(29)13-20-14(2)26-27(15(20)3)19-10-8-16(23)9-11-19/h5-12H,4,13H2,1-3H3,(H,24,28)(H,25,29). The maximum Gasteiger partial charge on any atom is 0.228 e. The summed E-state index contributed by atoms with van der Waals surface area (Å²) in [5, 5.41) is 10.9. The van der Waals surface area contributed by atoms with Crippen LogP contribution in [0, 0.1) is 13.8 Å². The maximum atomic E-state index is 12.6. The van der Waals surface area contributed by atoms with Gasteiger partial charge in [-0.2, -0.15) is 5.10 Å². The molecule has 3 rings (SSSR count). The molecule has 2 N–H and O–H groups in total. The lowest BCUT2D eigenvalue weighted by atomic mass is 10.1. The Bertz CT molecular complexity index is 1040. The number of amides is 2. The van der Waals surface area contributed by atoms with Gasteiger partial charge in [0.1, 0.15) is 0 Å². The van der Waals surface area contributed by atoms with Crippen LogP contribution in [0.15, 0.2) is 48.5 Å². The van der Waals surface area contributed by atoms with E-state index in [9.17, 15) is 9.59 Å². The van der Waals surface area contributed by atoms with Gasteiger partial charge in [0.15, 0.2) is 0 Å². The van der Waals surface area contributed by atoms with Crippen LogP contribution in [-0.4, -0.2) is 21.6 Å². The second kappa shape index (κ2) is 8.92. The van der Waals surface area contributed by atoms with Crippen molar-refractivity contribution in [1.29, 1.82) is 0 Å². The lowest BCUT2D eigenvalue weighted by Gasteiger charge is -2.09. The van der Waals surface area contributed by atoms with Gasteiger partial charge in [-0.1, -0.05) is 24.6 Å². The van der Waals surface area contributed by atoms with Gasteiger partial charge < -0.3 is 10.6 Å². The van der Waals surface area contributed by atoms with Crippen molar-refractivity contribution < 1.29 is 9.59 Å². The zero-order valence-electron chi connectivity index (χ0n) is 16.6. The van der Waals surface area contributed by atoms with Crippen molar-refractivity contribution >= 4 is 34.8 Å². The predicted octanol–water partition coefficient (Wildman–Crippen LogP) is 4.67. The smallest absolute Gasteiger partial charge is 0.228 e. The molecule has 0 bridgehead atoms. The molecular weight excluding hydrogens is 388 g/mol. The van der Waals surface area contributed by atoms with Gasteiger partial charge in [0.2, 0.25) is 11.8 Å². The number of halogens is 1. The Kier molecular flexibility index (Phi) is 6.34. The summed E-state index contributed by atoms with van der Waals surface area (Å²) in [6, 6.07) is 14.5. The molecule has 2 aromatic carbocycles. The van der Waals surface area contributed by atoms with Gasteiger partial charge in [-0.05, 0) is 56.3 Å². The summed E-state index contributed by atoms with van der Waals surface area (Å²) in [4.78, 5) is 24.2. The molecule has 0 aliphatic carbocycles. The molecule has 0 spiro atoms. The fourth-order valence-corrected chi connectivity index (χ4v) is 3.18. The van der Waals surface area contributed by atoms with E-state index in [-0.39, 0.29) is 18.2 Å². The number of hydrogen-bond acceptors (Lipinski definition) is 3. The molecule has 0 aliphatic rings. The van der Waals surface area contributed by atoms with Crippen molar-refractivity contribution in [2.45, 2.75) is 33.6 Å². The average molecular weight is 411 g/mol. The van der Waals surface area contributed by atoms with Gasteiger partial charge in [0.05, 0.1) is 17.8 Å². The number of anilines is 2. The van der Waals surface area contributed by atoms with E-state index in [1.165, 1.54) is 0 Å². The van der Waals surface area contributed by atoms with Crippen molar-refractivity contribution in [2.24, 2.45) is 0 Å². The second-order valence-electron chi connectivity index (χ2n) is 6.75. The topological polar surface area (TPSA) is 76.0 Å². The largest absolute Gasteiger partial charge is 0.326 e. The number of nitrogens with one attached hydrogen (secondary N) is 2. The third kappa shape index (κ3) is 5.03. The highest BCUT2D eigenvalue weighted by molar-refractivity contribution is 6.30. The van der Waals surface area contributed by atoms with Gasteiger partial charge in [-0.3, -0.25) is 9.59 Å². The monoisotopic (exact) mass is 410 g/mol. The molecule has 0 atom stereocenters. The molecule has 0 unspecified atom stereocenters. The fraction of sp³-hybridized carbons (Fsp3) is 0.227. The van der Waals surface area contributed by atoms with Crippen molar-refractivity contribution in [3.63, 3.8) is 0 Å². The highest BCUT2D eigenvalue weighted by atomic mass is 35.5. The molecule has 0 aliphatic heterocycles. The minimum absolute atomic E-state index is 0.0747. The number of carbonyl (C=O) groups excluding carboxylic acids is 2. The first-order chi connectivity index (χ1) is 13.9. The minimum Gasteiger partial charge on any atom is -0.326 e. The van der Waals surface area contributed by atoms with Crippen LogP contribution in [0.3, 0.4) is 0 Å². The Balaban J connectivity index is 1.74. The van der Waals surface area contributed by atoms with Crippen LogP contribution in [0.2, 0.25) is 5.02 Å². The number of nitrogens with zero attached hydrogens (tertiary/aromatic N) is 2. The van der Waals surface area contributed by atoms with E-state index in [0.717, 1.165) is 22.6 Å². The third-order valence-corrected chi connectivity index (χ3v) is 4.85. The van der Waals surface area contributed by atoms with Crippen LogP contribution < -0.4 is 10.6 Å². The first kappa shape index (κ1) is 20.6. The van der Waals surface area contributed by atoms with Gasteiger partial charge in [0.25, 0.3) is 0 Å². The van der Waals surface area contributed by atoms with Crippen LogP contribution in [-0.2, 0) is 16.0 Å². The summed E-state index contributed by atoms with van der Waals surface area (Å²) in [6.07, 6.45) is 0.601. The number of benzene rings is 2. The Hall–Kier alpha value is -3.12. The van der Waals surface area contributed by atoms with Crippen molar-refractivity contribution in [3.05, 3.63) is 70.5 Å². The number of carbonyl (C=O) groups is 2. The van der Waals surface area contributed by atoms with Crippen molar-refractivity contribution in [1.82, 2.24) is 9.78 Å². The van der Waals surface area contributed by atoms with E-state index >= 15 is 0 Å². The van der Waals surface area contributed by atoms with Crippen LogP contribution in [0.4, 0.5) is 11.4 Å². The number of hydrogen-bond donors (Lipinski definition) is 2. The zero-order valence-corrected chi connectivity index (χ0v) is 17.4. The summed E-state index contributed by atoms with van der Waals surface area (Å²) in [6.45, 7) is 5.62. The Morgan fingerprint density at radius 1 is 1.00 bits per heavy atom. The average Bonchev–Trinajstić information content (AvgIpc) is 2.97. The number of aromatic nitrogens is 2. The second-order valence-corrected chi connectivity index (χ2v) is 7.18. The molecule has 0 saturated carbocycles. The summed E-state index contributed by atoms with van der Waals surface area (Å²) in [5.74, 6) is -0.222. The molecule has 150 valence electrons. The highest BCUT2D eigenvalue weighted by Gasteiger charge is 2.16. The lowest BCUT2D eigenvalue weighted by Crippen LogP contribution is -2.16. The fourth-order valence-electron chi connectivity index (χ4n) is 3.05. The zero-order chi connectivity index (χ0) is 21.0. The summed E-state index contributed by atoms with van der Waals surface area (Å²) in [7, 11) is 0. The van der Waals surface area contributed by atoms with Crippen LogP contribution in [0.5, 0.6) is 0 Å². The first-order valence-corrected chi connectivity index (χ1v) is 9.76. The molecule has 3 aromatic rings. The number of aryl methyl sites for hydroxylation is 1. The molecule has 2 amide bonds. The maximum absolute atomic E-state index is 12.6. The van der Waals surface area contributed by atoms with E-state index in [1.54, 1.807) is 31.2 Å². The highest BCUT2D eigenvalue weighted by Crippen LogP contribution is 2.21. The Morgan fingerprint density at radius 2 is 1.62 bits per heavy atom. The third-order valence-electron chi connectivity index (χ3n) is 4.60. The van der Waals surface area contributed by atoms with Crippen LogP contribution in [0.1, 0.15) is 30.3 Å². The number of rotatable bonds is 6. The molecule has 0 fully saturated rings. The van der Waals surface area contributed by atoms with Crippen molar-refractivity contribution in [2.75, 3.05) is 10.6 Å². The van der Waals surface area contributed by atoms with Crippen LogP contribution in [0.25, 0.3) is 5.69 Å². The molecule has 6 nitrogen and oxygen atoms in total. The molecule has 0 saturated heterocycles. The van der Waals surface area contributed by atoms with E-state index in [0.29, 0.717) is 22.8 Å². The summed E-state index contributed by atoms with van der Waals surface area (Å²) >= 11 is 5.96.